The van der Waals surface area contributed by atoms with Gasteiger partial charge in [-0.3, -0.25) is 14.7 Å². The number of pyridine rings is 1. The van der Waals surface area contributed by atoms with Crippen molar-refractivity contribution in [3.63, 3.8) is 0 Å². The maximum absolute atomic E-state index is 12.2. The lowest BCUT2D eigenvalue weighted by Crippen LogP contribution is -2.38. The fourth-order valence-electron chi connectivity index (χ4n) is 5.46. The Hall–Kier alpha value is -3.67. The Morgan fingerprint density at radius 1 is 1.29 bits per heavy atom. The van der Waals surface area contributed by atoms with E-state index in [1.165, 1.54) is 5.57 Å². The number of aliphatic hydroxyl groups excluding tert-OH is 1. The van der Waals surface area contributed by atoms with E-state index >= 15 is 0 Å². The summed E-state index contributed by atoms with van der Waals surface area (Å²) in [5.74, 6) is 0.894. The van der Waals surface area contributed by atoms with Crippen LogP contribution in [0.25, 0.3) is 11.6 Å². The number of nitrogens with two attached hydrogens (primary N) is 1. The van der Waals surface area contributed by atoms with E-state index in [9.17, 15) is 15.2 Å². The van der Waals surface area contributed by atoms with Crippen molar-refractivity contribution in [1.29, 1.82) is 5.26 Å². The summed E-state index contributed by atoms with van der Waals surface area (Å²) in [5.41, 5.74) is 12.1. The molecule has 1 atom stereocenters. The molecular formula is C30H38N6O2. The number of amides is 1. The molecule has 200 valence electrons. The molecule has 1 unspecified atom stereocenters. The van der Waals surface area contributed by atoms with Crippen LogP contribution in [-0.4, -0.2) is 77.6 Å². The Morgan fingerprint density at radius 3 is 2.66 bits per heavy atom. The summed E-state index contributed by atoms with van der Waals surface area (Å²) in [6.07, 6.45) is 14.9. The predicted octanol–water partition coefficient (Wildman–Crippen LogP) is 3.76. The zero-order chi connectivity index (χ0) is 27.4. The van der Waals surface area contributed by atoms with Crippen molar-refractivity contribution in [3.8, 4) is 6.07 Å². The van der Waals surface area contributed by atoms with E-state index in [1.54, 1.807) is 43.2 Å². The van der Waals surface area contributed by atoms with Crippen LogP contribution >= 0.6 is 0 Å². The number of likely N-dealkylation sites (tertiary alicyclic amines) is 1. The van der Waals surface area contributed by atoms with Gasteiger partial charge in [-0.2, -0.15) is 5.26 Å². The maximum Gasteiger partial charge on any atom is 0.249 e. The molecular weight excluding hydrogens is 476 g/mol. The van der Waals surface area contributed by atoms with Gasteiger partial charge in [0.05, 0.1) is 12.7 Å². The number of nitriles is 1. The van der Waals surface area contributed by atoms with Crippen molar-refractivity contribution in [1.82, 2.24) is 19.7 Å². The first-order chi connectivity index (χ1) is 18.2. The molecule has 0 saturated carbocycles. The summed E-state index contributed by atoms with van der Waals surface area (Å²) in [4.78, 5) is 22.3. The second-order valence-corrected chi connectivity index (χ2v) is 10.5. The van der Waals surface area contributed by atoms with Crippen LogP contribution in [-0.2, 0) is 4.79 Å². The molecule has 1 amide bonds. The van der Waals surface area contributed by atoms with Crippen molar-refractivity contribution in [3.05, 3.63) is 76.0 Å². The third kappa shape index (κ3) is 5.90. The van der Waals surface area contributed by atoms with Crippen molar-refractivity contribution < 1.29 is 9.90 Å². The Bertz CT molecular complexity index is 1270. The van der Waals surface area contributed by atoms with Crippen LogP contribution in [0.5, 0.6) is 0 Å². The number of hydrogen-bond acceptors (Lipinski definition) is 7. The zero-order valence-electron chi connectivity index (χ0n) is 22.8. The number of allylic oxidation sites excluding steroid dienone is 6. The molecule has 8 heteroatoms. The highest BCUT2D eigenvalue weighted by Crippen LogP contribution is 2.33. The SMILES string of the molecule is Cc1nccc(C2=C(C#N)N(C)C(N)C=C2)c1/C=C(\O)CN1CCC(C2=CC=C(C(=O)N(C)C)CC2)CC1. The molecule has 4 rings (SSSR count). The summed E-state index contributed by atoms with van der Waals surface area (Å²) in [5, 5.41) is 20.8. The molecule has 2 aliphatic heterocycles. The Kier molecular flexibility index (Phi) is 8.50. The topological polar surface area (TPSA) is 110 Å². The van der Waals surface area contributed by atoms with Crippen LogP contribution in [0.2, 0.25) is 0 Å². The van der Waals surface area contributed by atoms with Crippen LogP contribution in [0.15, 0.2) is 59.2 Å². The first-order valence-corrected chi connectivity index (χ1v) is 13.2. The predicted molar refractivity (Wildman–Crippen MR) is 150 cm³/mol. The first-order valence-electron chi connectivity index (χ1n) is 13.2. The number of piperidine rings is 1. The average Bonchev–Trinajstić information content (AvgIpc) is 2.91. The molecule has 1 fully saturated rings. The summed E-state index contributed by atoms with van der Waals surface area (Å²) in [7, 11) is 5.39. The summed E-state index contributed by atoms with van der Waals surface area (Å²) < 4.78 is 0. The van der Waals surface area contributed by atoms with Crippen LogP contribution in [0.3, 0.4) is 0 Å². The quantitative estimate of drug-likeness (QED) is 0.556. The standard InChI is InChI=1S/C30H38N6O2/c1-20-27(25(11-14-33-20)26-9-10-29(32)35(4)28(26)18-31)17-24(37)19-36-15-12-22(13-16-36)21-5-7-23(8-6-21)30(38)34(2)3/h5,7,9-11,14,17,22,29,37H,6,8,12-13,15-16,19,32H2,1-4H3/b24-17-. The highest BCUT2D eigenvalue weighted by Gasteiger charge is 2.26. The number of aliphatic hydroxyl groups is 1. The van der Waals surface area contributed by atoms with Gasteiger partial charge < -0.3 is 20.6 Å². The van der Waals surface area contributed by atoms with Gasteiger partial charge in [-0.05, 0) is 75.4 Å². The number of carbonyl (C=O) groups excluding carboxylic acids is 1. The highest BCUT2D eigenvalue weighted by atomic mass is 16.3. The number of nitrogens with zero attached hydrogens (tertiary/aromatic N) is 5. The monoisotopic (exact) mass is 514 g/mol. The Balaban J connectivity index is 1.44. The minimum Gasteiger partial charge on any atom is -0.511 e. The Morgan fingerprint density at radius 2 is 2.03 bits per heavy atom. The third-order valence-corrected chi connectivity index (χ3v) is 7.77. The van der Waals surface area contributed by atoms with Crippen molar-refractivity contribution in [2.24, 2.45) is 11.7 Å². The van der Waals surface area contributed by atoms with Crippen molar-refractivity contribution >= 4 is 17.6 Å². The van der Waals surface area contributed by atoms with E-state index in [-0.39, 0.29) is 17.8 Å². The molecule has 1 aromatic heterocycles. The van der Waals surface area contributed by atoms with Gasteiger partial charge in [0.25, 0.3) is 0 Å². The van der Waals surface area contributed by atoms with Crippen molar-refractivity contribution in [2.45, 2.75) is 38.8 Å². The molecule has 0 spiro atoms. The number of aryl methyl sites for hydroxylation is 1. The van der Waals surface area contributed by atoms with E-state index in [4.69, 9.17) is 5.73 Å². The number of hydrogen-bond donors (Lipinski definition) is 2. The van der Waals surface area contributed by atoms with Gasteiger partial charge in [0.1, 0.15) is 17.5 Å². The largest absolute Gasteiger partial charge is 0.511 e. The Labute approximate surface area is 225 Å². The number of likely N-dealkylation sites (N-methyl/N-ethyl adjacent to an activating group) is 2. The summed E-state index contributed by atoms with van der Waals surface area (Å²) >= 11 is 0. The fraction of sp³-hybridized carbons (Fsp3) is 0.433. The zero-order valence-corrected chi connectivity index (χ0v) is 22.8. The summed E-state index contributed by atoms with van der Waals surface area (Å²) in [6.45, 7) is 4.18. The van der Waals surface area contributed by atoms with Crippen LogP contribution in [0.4, 0.5) is 0 Å². The smallest absolute Gasteiger partial charge is 0.249 e. The van der Waals surface area contributed by atoms with Gasteiger partial charge in [-0.15, -0.1) is 0 Å². The molecule has 38 heavy (non-hydrogen) atoms. The van der Waals surface area contributed by atoms with Crippen LogP contribution in [0, 0.1) is 24.2 Å². The lowest BCUT2D eigenvalue weighted by Gasteiger charge is -2.34. The summed E-state index contributed by atoms with van der Waals surface area (Å²) in [6, 6.07) is 4.16. The molecule has 3 heterocycles. The second-order valence-electron chi connectivity index (χ2n) is 10.5. The molecule has 0 radical (unpaired) electrons. The molecule has 3 N–H and O–H groups in total. The first kappa shape index (κ1) is 27.4. The fourth-order valence-corrected chi connectivity index (χ4v) is 5.46. The lowest BCUT2D eigenvalue weighted by molar-refractivity contribution is -0.124. The van der Waals surface area contributed by atoms with E-state index in [0.29, 0.717) is 18.2 Å². The van der Waals surface area contributed by atoms with Gasteiger partial charge in [0, 0.05) is 49.7 Å². The minimum absolute atomic E-state index is 0.0969. The van der Waals surface area contributed by atoms with Crippen LogP contribution in [0.1, 0.15) is 42.5 Å². The highest BCUT2D eigenvalue weighted by molar-refractivity contribution is 5.93. The molecule has 0 aromatic carbocycles. The molecule has 1 aliphatic carbocycles. The third-order valence-electron chi connectivity index (χ3n) is 7.77. The number of rotatable bonds is 6. The van der Waals surface area contributed by atoms with E-state index < -0.39 is 0 Å². The van der Waals surface area contributed by atoms with E-state index in [1.807, 2.05) is 31.2 Å². The van der Waals surface area contributed by atoms with Gasteiger partial charge in [0.15, 0.2) is 0 Å². The van der Waals surface area contributed by atoms with Gasteiger partial charge in [-0.1, -0.05) is 23.8 Å². The molecule has 3 aliphatic rings. The molecule has 0 bridgehead atoms. The average molecular weight is 515 g/mol. The van der Waals surface area contributed by atoms with Gasteiger partial charge in [-0.25, -0.2) is 0 Å². The lowest BCUT2D eigenvalue weighted by atomic mass is 9.83. The molecule has 1 aromatic rings. The van der Waals surface area contributed by atoms with Gasteiger partial charge in [0.2, 0.25) is 5.91 Å². The normalized spacial score (nSPS) is 21.2. The van der Waals surface area contributed by atoms with Gasteiger partial charge >= 0.3 is 0 Å². The van der Waals surface area contributed by atoms with Crippen LogP contribution < -0.4 is 5.73 Å². The second kappa shape index (κ2) is 11.8. The van der Waals surface area contributed by atoms with Crippen molar-refractivity contribution in [2.75, 3.05) is 40.8 Å². The molecule has 1 saturated heterocycles. The maximum atomic E-state index is 12.2. The van der Waals surface area contributed by atoms with E-state index in [2.05, 4.69) is 22.0 Å². The minimum atomic E-state index is -0.352. The number of carbonyl (C=O) groups is 1. The molecule has 8 nitrogen and oxygen atoms in total. The number of aromatic nitrogens is 1. The van der Waals surface area contributed by atoms with E-state index in [0.717, 1.165) is 66.7 Å².